The van der Waals surface area contributed by atoms with Crippen LogP contribution in [-0.2, 0) is 6.54 Å². The van der Waals surface area contributed by atoms with Gasteiger partial charge in [-0.25, -0.2) is 4.39 Å². The minimum Gasteiger partial charge on any atom is -0.368 e. The Labute approximate surface area is 180 Å². The van der Waals surface area contributed by atoms with Crippen LogP contribution in [0.1, 0.15) is 15.9 Å². The van der Waals surface area contributed by atoms with Crippen molar-refractivity contribution in [1.82, 2.24) is 10.3 Å². The van der Waals surface area contributed by atoms with Crippen LogP contribution in [0.15, 0.2) is 60.8 Å². The first kappa shape index (κ1) is 20.3. The molecule has 3 heterocycles. The van der Waals surface area contributed by atoms with Crippen LogP contribution in [-0.4, -0.2) is 37.1 Å². The number of halogens is 2. The van der Waals surface area contributed by atoms with Crippen molar-refractivity contribution >= 4 is 29.7 Å². The monoisotopic (exact) mass is 424 g/mol. The Morgan fingerprint density at radius 3 is 2.43 bits per heavy atom. The number of piperazine rings is 1. The first-order chi connectivity index (χ1) is 14.2. The number of carbonyl (C=O) groups excluding carboxylic acids is 1. The zero-order chi connectivity index (χ0) is 19.8. The molecule has 5 rings (SSSR count). The minimum atomic E-state index is -0.315. The molecule has 3 aromatic rings. The molecule has 0 spiro atoms. The first-order valence-corrected chi connectivity index (χ1v) is 9.83. The van der Waals surface area contributed by atoms with E-state index in [1.54, 1.807) is 29.3 Å². The molecule has 0 bridgehead atoms. The lowest BCUT2D eigenvalue weighted by molar-refractivity contribution is 0.0996. The fourth-order valence-electron chi connectivity index (χ4n) is 4.15. The van der Waals surface area contributed by atoms with E-state index in [1.165, 1.54) is 12.1 Å². The van der Waals surface area contributed by atoms with Crippen LogP contribution in [0, 0.1) is 5.82 Å². The van der Waals surface area contributed by atoms with Crippen molar-refractivity contribution in [2.75, 3.05) is 36.0 Å². The number of amides is 1. The number of benzene rings is 2. The lowest BCUT2D eigenvalue weighted by atomic mass is 10.0. The molecule has 154 valence electrons. The molecule has 2 aliphatic heterocycles. The summed E-state index contributed by atoms with van der Waals surface area (Å²) in [5.74, 6) is -0.389. The number of hydrogen-bond acceptors (Lipinski definition) is 4. The van der Waals surface area contributed by atoms with Gasteiger partial charge < -0.3 is 15.1 Å². The molecule has 1 N–H and O–H groups in total. The Hall–Kier alpha value is -2.96. The summed E-state index contributed by atoms with van der Waals surface area (Å²) in [5.41, 5.74) is 5.30. The largest absolute Gasteiger partial charge is 0.368 e. The maximum absolute atomic E-state index is 13.3. The Balaban J connectivity index is 0.00000218. The first-order valence-electron chi connectivity index (χ1n) is 9.83. The van der Waals surface area contributed by atoms with Crippen LogP contribution >= 0.6 is 12.4 Å². The summed E-state index contributed by atoms with van der Waals surface area (Å²) in [7, 11) is 0. The van der Waals surface area contributed by atoms with E-state index in [1.807, 2.05) is 12.1 Å². The van der Waals surface area contributed by atoms with E-state index in [0.29, 0.717) is 17.8 Å². The molecule has 1 amide bonds. The van der Waals surface area contributed by atoms with Gasteiger partial charge in [-0.2, -0.15) is 0 Å². The maximum atomic E-state index is 13.3. The van der Waals surface area contributed by atoms with Crippen LogP contribution in [0.3, 0.4) is 0 Å². The van der Waals surface area contributed by atoms with E-state index in [2.05, 4.69) is 27.3 Å². The quantitative estimate of drug-likeness (QED) is 0.693. The summed E-state index contributed by atoms with van der Waals surface area (Å²) in [6.45, 7) is 4.20. The van der Waals surface area contributed by atoms with E-state index in [4.69, 9.17) is 0 Å². The molecule has 0 atom stereocenters. The van der Waals surface area contributed by atoms with E-state index in [9.17, 15) is 9.18 Å². The number of nitrogens with zero attached hydrogens (tertiary/aromatic N) is 3. The second kappa shape index (κ2) is 8.42. The number of carbonyl (C=O) groups is 1. The van der Waals surface area contributed by atoms with Crippen LogP contribution < -0.4 is 15.1 Å². The number of fused-ring (bicyclic) bond motifs is 1. The van der Waals surface area contributed by atoms with Crippen molar-refractivity contribution in [1.29, 1.82) is 0 Å². The topological polar surface area (TPSA) is 48.5 Å². The molecular weight excluding hydrogens is 403 g/mol. The molecule has 0 aliphatic carbocycles. The third kappa shape index (κ3) is 3.53. The van der Waals surface area contributed by atoms with Gasteiger partial charge >= 0.3 is 0 Å². The highest BCUT2D eigenvalue weighted by atomic mass is 35.5. The SMILES string of the molecule is Cl.O=C1c2ccnc(-c3ccccc3N3CCNCC3)c2CN1c1ccc(F)cc1. The van der Waals surface area contributed by atoms with Gasteiger partial charge in [0.2, 0.25) is 0 Å². The van der Waals surface area contributed by atoms with Crippen molar-refractivity contribution in [3.05, 3.63) is 77.7 Å². The molecule has 2 aliphatic rings. The smallest absolute Gasteiger partial charge is 0.259 e. The van der Waals surface area contributed by atoms with Crippen LogP contribution in [0.5, 0.6) is 0 Å². The van der Waals surface area contributed by atoms with E-state index >= 15 is 0 Å². The number of anilines is 2. The molecule has 1 saturated heterocycles. The molecular formula is C23H22ClFN4O. The third-order valence-corrected chi connectivity index (χ3v) is 5.60. The van der Waals surface area contributed by atoms with Crippen molar-refractivity contribution < 1.29 is 9.18 Å². The van der Waals surface area contributed by atoms with E-state index in [0.717, 1.165) is 48.7 Å². The Bertz CT molecular complexity index is 1070. The maximum Gasteiger partial charge on any atom is 0.259 e. The Morgan fingerprint density at radius 1 is 0.933 bits per heavy atom. The fraction of sp³-hybridized carbons (Fsp3) is 0.217. The van der Waals surface area contributed by atoms with Gasteiger partial charge in [-0.15, -0.1) is 12.4 Å². The summed E-state index contributed by atoms with van der Waals surface area (Å²) < 4.78 is 13.3. The zero-order valence-electron chi connectivity index (χ0n) is 16.3. The standard InChI is InChI=1S/C23H21FN4O.ClH/c24-16-5-7-17(8-6-16)28-15-20-18(23(28)29)9-10-26-22(20)19-3-1-2-4-21(19)27-13-11-25-12-14-27;/h1-10,25H,11-15H2;1H. The molecule has 2 aromatic carbocycles. The van der Waals surface area contributed by atoms with Crippen molar-refractivity contribution in [3.8, 4) is 11.3 Å². The van der Waals surface area contributed by atoms with Gasteiger partial charge in [-0.3, -0.25) is 9.78 Å². The average molecular weight is 425 g/mol. The van der Waals surface area contributed by atoms with Gasteiger partial charge in [-0.05, 0) is 36.4 Å². The van der Waals surface area contributed by atoms with Crippen LogP contribution in [0.25, 0.3) is 11.3 Å². The predicted molar refractivity (Wildman–Crippen MR) is 119 cm³/mol. The van der Waals surface area contributed by atoms with Gasteiger partial charge in [0.05, 0.1) is 12.2 Å². The second-order valence-corrected chi connectivity index (χ2v) is 7.31. The van der Waals surface area contributed by atoms with Gasteiger partial charge in [0.15, 0.2) is 0 Å². The molecule has 0 saturated carbocycles. The van der Waals surface area contributed by atoms with Gasteiger partial charge in [0.1, 0.15) is 5.82 Å². The zero-order valence-corrected chi connectivity index (χ0v) is 17.2. The van der Waals surface area contributed by atoms with Crippen molar-refractivity contribution in [2.45, 2.75) is 6.54 Å². The van der Waals surface area contributed by atoms with E-state index in [-0.39, 0.29) is 24.1 Å². The summed E-state index contributed by atoms with van der Waals surface area (Å²) in [6, 6.07) is 16.1. The minimum absolute atomic E-state index is 0. The lowest BCUT2D eigenvalue weighted by Gasteiger charge is -2.31. The van der Waals surface area contributed by atoms with Crippen LogP contribution in [0.2, 0.25) is 0 Å². The molecule has 5 nitrogen and oxygen atoms in total. The fourth-order valence-corrected chi connectivity index (χ4v) is 4.15. The highest BCUT2D eigenvalue weighted by Gasteiger charge is 2.32. The predicted octanol–water partition coefficient (Wildman–Crippen LogP) is 3.88. The number of pyridine rings is 1. The van der Waals surface area contributed by atoms with Crippen molar-refractivity contribution in [2.24, 2.45) is 0 Å². The van der Waals surface area contributed by atoms with Crippen LogP contribution in [0.4, 0.5) is 15.8 Å². The molecule has 1 fully saturated rings. The molecule has 0 radical (unpaired) electrons. The number of hydrogen-bond donors (Lipinski definition) is 1. The summed E-state index contributed by atoms with van der Waals surface area (Å²) >= 11 is 0. The number of aromatic nitrogens is 1. The average Bonchev–Trinajstić information content (AvgIpc) is 3.12. The molecule has 7 heteroatoms. The Kier molecular flexibility index (Phi) is 5.70. The lowest BCUT2D eigenvalue weighted by Crippen LogP contribution is -2.43. The highest BCUT2D eigenvalue weighted by Crippen LogP contribution is 2.37. The summed E-state index contributed by atoms with van der Waals surface area (Å²) in [6.07, 6.45) is 1.70. The molecule has 0 unspecified atom stereocenters. The highest BCUT2D eigenvalue weighted by molar-refractivity contribution is 6.11. The van der Waals surface area contributed by atoms with Gasteiger partial charge in [0.25, 0.3) is 5.91 Å². The van der Waals surface area contributed by atoms with E-state index < -0.39 is 0 Å². The van der Waals surface area contributed by atoms with Crippen molar-refractivity contribution in [3.63, 3.8) is 0 Å². The number of rotatable bonds is 3. The molecule has 1 aromatic heterocycles. The number of nitrogens with one attached hydrogen (secondary N) is 1. The Morgan fingerprint density at radius 2 is 1.67 bits per heavy atom. The number of para-hydroxylation sites is 1. The van der Waals surface area contributed by atoms with Gasteiger partial charge in [0, 0.05) is 60.4 Å². The summed E-state index contributed by atoms with van der Waals surface area (Å²) in [4.78, 5) is 21.8. The normalized spacial score (nSPS) is 15.7. The third-order valence-electron chi connectivity index (χ3n) is 5.60. The summed E-state index contributed by atoms with van der Waals surface area (Å²) in [5, 5.41) is 3.38. The second-order valence-electron chi connectivity index (χ2n) is 7.31. The van der Waals surface area contributed by atoms with Gasteiger partial charge in [-0.1, -0.05) is 18.2 Å². The molecule has 30 heavy (non-hydrogen) atoms.